The molecule has 0 bridgehead atoms. The molecule has 0 atom stereocenters. The van der Waals surface area contributed by atoms with Crippen molar-refractivity contribution in [3.8, 4) is 17.2 Å². The molecule has 29 heavy (non-hydrogen) atoms. The number of carbonyl (C=O) groups excluding carboxylic acids is 1. The van der Waals surface area contributed by atoms with Gasteiger partial charge in [0.25, 0.3) is 0 Å². The summed E-state index contributed by atoms with van der Waals surface area (Å²) in [5.41, 5.74) is 9.48. The number of Topliss-reactive ketones (excluding diaryl/α,β-unsaturated/α-hetero) is 1. The monoisotopic (exact) mass is 398 g/mol. The van der Waals surface area contributed by atoms with E-state index < -0.39 is 0 Å². The zero-order chi connectivity index (χ0) is 21.6. The highest BCUT2D eigenvalue weighted by molar-refractivity contribution is 6.12. The van der Waals surface area contributed by atoms with E-state index in [0.29, 0.717) is 40.5 Å². The summed E-state index contributed by atoms with van der Waals surface area (Å²) >= 11 is 0. The first-order chi connectivity index (χ1) is 13.9. The van der Waals surface area contributed by atoms with Crippen molar-refractivity contribution in [2.45, 2.75) is 19.8 Å². The number of methoxy groups -OCH3 is 3. The molecule has 6 nitrogen and oxygen atoms in total. The summed E-state index contributed by atoms with van der Waals surface area (Å²) in [6, 6.07) is 8.93. The van der Waals surface area contributed by atoms with E-state index in [4.69, 9.17) is 19.9 Å². The molecule has 0 saturated heterocycles. The summed E-state index contributed by atoms with van der Waals surface area (Å²) in [7, 11) is 8.53. The molecule has 0 aromatic heterocycles. The summed E-state index contributed by atoms with van der Waals surface area (Å²) in [5, 5.41) is 0. The minimum Gasteiger partial charge on any atom is -0.497 e. The Kier molecular flexibility index (Phi) is 7.53. The van der Waals surface area contributed by atoms with Gasteiger partial charge in [0.1, 0.15) is 5.75 Å². The lowest BCUT2D eigenvalue weighted by Crippen LogP contribution is -2.13. The Bertz CT molecular complexity index is 904. The largest absolute Gasteiger partial charge is 0.497 e. The second-order valence-corrected chi connectivity index (χ2v) is 6.87. The van der Waals surface area contributed by atoms with Crippen molar-refractivity contribution in [2.24, 2.45) is 0 Å². The van der Waals surface area contributed by atoms with Gasteiger partial charge in [0.2, 0.25) is 0 Å². The summed E-state index contributed by atoms with van der Waals surface area (Å²) < 4.78 is 16.3. The van der Waals surface area contributed by atoms with Crippen LogP contribution in [-0.2, 0) is 0 Å². The van der Waals surface area contributed by atoms with E-state index in [1.807, 2.05) is 44.1 Å². The third-order valence-corrected chi connectivity index (χ3v) is 4.63. The number of anilines is 2. The lowest BCUT2D eigenvalue weighted by Gasteiger charge is -2.17. The van der Waals surface area contributed by atoms with Gasteiger partial charge >= 0.3 is 0 Å². The average molecular weight is 399 g/mol. The van der Waals surface area contributed by atoms with E-state index in [0.717, 1.165) is 17.7 Å². The highest BCUT2D eigenvalue weighted by atomic mass is 16.5. The van der Waals surface area contributed by atoms with E-state index in [1.165, 1.54) is 0 Å². The molecule has 2 aromatic carbocycles. The molecule has 2 rings (SSSR count). The fraction of sp³-hybridized carbons (Fsp3) is 0.348. The fourth-order valence-electron chi connectivity index (χ4n) is 3.16. The number of ketones is 1. The molecule has 0 radical (unpaired) electrons. The van der Waals surface area contributed by atoms with E-state index in [-0.39, 0.29) is 5.78 Å². The minimum absolute atomic E-state index is 0.0428. The first-order valence-electron chi connectivity index (χ1n) is 9.48. The predicted octanol–water partition coefficient (Wildman–Crippen LogP) is 4.43. The Morgan fingerprint density at radius 3 is 2.34 bits per heavy atom. The molecule has 0 saturated carbocycles. The number of rotatable bonds is 9. The molecule has 6 heteroatoms. The van der Waals surface area contributed by atoms with Crippen LogP contribution >= 0.6 is 0 Å². The summed E-state index contributed by atoms with van der Waals surface area (Å²) in [6.07, 6.45) is 3.31. The van der Waals surface area contributed by atoms with Gasteiger partial charge in [-0.25, -0.2) is 0 Å². The molecule has 0 spiro atoms. The average Bonchev–Trinajstić information content (AvgIpc) is 2.72. The van der Waals surface area contributed by atoms with Crippen LogP contribution in [0.2, 0.25) is 0 Å². The maximum Gasteiger partial charge on any atom is 0.189 e. The molecule has 0 aliphatic rings. The summed E-state index contributed by atoms with van der Waals surface area (Å²) in [5.74, 6) is 1.68. The normalized spacial score (nSPS) is 11.2. The zero-order valence-electron chi connectivity index (χ0n) is 18.0. The summed E-state index contributed by atoms with van der Waals surface area (Å²) in [4.78, 5) is 15.2. The Balaban J connectivity index is 2.58. The minimum atomic E-state index is -0.0428. The van der Waals surface area contributed by atoms with E-state index in [9.17, 15) is 4.79 Å². The number of carbonyl (C=O) groups is 1. The van der Waals surface area contributed by atoms with Gasteiger partial charge in [-0.2, -0.15) is 0 Å². The van der Waals surface area contributed by atoms with Crippen LogP contribution in [-0.4, -0.2) is 41.2 Å². The van der Waals surface area contributed by atoms with Gasteiger partial charge < -0.3 is 24.8 Å². The SMILES string of the molecule is CCC/C(=C\c1cc(OC)cc(OC)c1OC)C(=O)c1ccc(N)c(N(C)C)c1. The molecular weight excluding hydrogens is 368 g/mol. The van der Waals surface area contributed by atoms with Crippen LogP contribution in [0.25, 0.3) is 6.08 Å². The Morgan fingerprint density at radius 2 is 1.79 bits per heavy atom. The van der Waals surface area contributed by atoms with Crippen molar-refractivity contribution in [1.29, 1.82) is 0 Å². The smallest absolute Gasteiger partial charge is 0.189 e. The van der Waals surface area contributed by atoms with Gasteiger partial charge in [0, 0.05) is 36.9 Å². The van der Waals surface area contributed by atoms with Gasteiger partial charge in [0.05, 0.1) is 32.7 Å². The molecule has 0 fully saturated rings. The number of benzene rings is 2. The van der Waals surface area contributed by atoms with Crippen molar-refractivity contribution in [3.05, 3.63) is 47.0 Å². The number of nitrogens with zero attached hydrogens (tertiary/aromatic N) is 1. The van der Waals surface area contributed by atoms with E-state index >= 15 is 0 Å². The van der Waals surface area contributed by atoms with Crippen molar-refractivity contribution >= 4 is 23.2 Å². The molecule has 0 heterocycles. The zero-order valence-corrected chi connectivity index (χ0v) is 18.0. The van der Waals surface area contributed by atoms with Gasteiger partial charge in [-0.3, -0.25) is 4.79 Å². The third-order valence-electron chi connectivity index (χ3n) is 4.63. The van der Waals surface area contributed by atoms with Gasteiger partial charge in [-0.05, 0) is 36.8 Å². The number of nitrogens with two attached hydrogens (primary N) is 1. The van der Waals surface area contributed by atoms with Crippen LogP contribution in [0.15, 0.2) is 35.9 Å². The Hall–Kier alpha value is -3.15. The third kappa shape index (κ3) is 5.02. The molecule has 0 aliphatic carbocycles. The number of hydrogen-bond donors (Lipinski definition) is 1. The molecule has 2 N–H and O–H groups in total. The quantitative estimate of drug-likeness (QED) is 0.383. The first kappa shape index (κ1) is 22.1. The second-order valence-electron chi connectivity index (χ2n) is 6.87. The topological polar surface area (TPSA) is 74.0 Å². The van der Waals surface area contributed by atoms with E-state index in [1.54, 1.807) is 39.5 Å². The van der Waals surface area contributed by atoms with Crippen LogP contribution in [0.3, 0.4) is 0 Å². The molecule has 0 unspecified atom stereocenters. The molecule has 0 amide bonds. The predicted molar refractivity (Wildman–Crippen MR) is 118 cm³/mol. The highest BCUT2D eigenvalue weighted by Crippen LogP contribution is 2.37. The molecular formula is C23H30N2O4. The first-order valence-corrected chi connectivity index (χ1v) is 9.48. The van der Waals surface area contributed by atoms with Gasteiger partial charge in [-0.1, -0.05) is 13.3 Å². The fourth-order valence-corrected chi connectivity index (χ4v) is 3.16. The van der Waals surface area contributed by atoms with Crippen LogP contribution < -0.4 is 24.8 Å². The second kappa shape index (κ2) is 9.87. The number of hydrogen-bond acceptors (Lipinski definition) is 6. The van der Waals surface area contributed by atoms with Crippen LogP contribution in [0.4, 0.5) is 11.4 Å². The lowest BCUT2D eigenvalue weighted by atomic mass is 9.96. The maximum atomic E-state index is 13.3. The number of nitrogen functional groups attached to an aromatic ring is 1. The van der Waals surface area contributed by atoms with Gasteiger partial charge in [0.15, 0.2) is 17.3 Å². The Morgan fingerprint density at radius 1 is 1.07 bits per heavy atom. The van der Waals surface area contributed by atoms with Crippen LogP contribution in [0, 0.1) is 0 Å². The lowest BCUT2D eigenvalue weighted by molar-refractivity contribution is 0.103. The van der Waals surface area contributed by atoms with E-state index in [2.05, 4.69) is 0 Å². The highest BCUT2D eigenvalue weighted by Gasteiger charge is 2.17. The number of ether oxygens (including phenoxy) is 3. The van der Waals surface area contributed by atoms with Crippen LogP contribution in [0.1, 0.15) is 35.7 Å². The maximum absolute atomic E-state index is 13.3. The standard InChI is InChI=1S/C23H30N2O4/c1-7-8-15(22(26)16-9-10-19(24)20(13-16)25(2)3)11-17-12-18(27-4)14-21(28-5)23(17)29-6/h9-14H,7-8,24H2,1-6H3/b15-11+. The molecule has 0 aliphatic heterocycles. The van der Waals surface area contributed by atoms with Crippen molar-refractivity contribution < 1.29 is 19.0 Å². The number of allylic oxidation sites excluding steroid dienone is 1. The van der Waals surface area contributed by atoms with Gasteiger partial charge in [-0.15, -0.1) is 0 Å². The summed E-state index contributed by atoms with van der Waals surface area (Å²) in [6.45, 7) is 2.04. The Labute approximate surface area is 172 Å². The van der Waals surface area contributed by atoms with Crippen molar-refractivity contribution in [2.75, 3.05) is 46.1 Å². The molecule has 156 valence electrons. The molecule has 2 aromatic rings. The van der Waals surface area contributed by atoms with Crippen LogP contribution in [0.5, 0.6) is 17.2 Å². The van der Waals surface area contributed by atoms with Crippen molar-refractivity contribution in [3.63, 3.8) is 0 Å². The van der Waals surface area contributed by atoms with Crippen molar-refractivity contribution in [1.82, 2.24) is 0 Å².